The van der Waals surface area contributed by atoms with Gasteiger partial charge in [-0.2, -0.15) is 0 Å². The molecule has 0 unspecified atom stereocenters. The topological polar surface area (TPSA) is 37.9 Å². The van der Waals surface area contributed by atoms with E-state index in [1.54, 1.807) is 7.11 Å². The van der Waals surface area contributed by atoms with Gasteiger partial charge in [-0.1, -0.05) is 24.3 Å². The van der Waals surface area contributed by atoms with Crippen molar-refractivity contribution in [3.8, 4) is 5.75 Å². The Bertz CT molecular complexity index is 721. The summed E-state index contributed by atoms with van der Waals surface area (Å²) in [6.45, 7) is 2.06. The van der Waals surface area contributed by atoms with Gasteiger partial charge >= 0.3 is 0 Å². The van der Waals surface area contributed by atoms with Gasteiger partial charge in [0.15, 0.2) is 0 Å². The SMILES string of the molecule is COc1ccc(/C=C(\C)c2nc3ccccc3[nH]2)cc1. The third-order valence-electron chi connectivity index (χ3n) is 3.26. The quantitative estimate of drug-likeness (QED) is 0.772. The summed E-state index contributed by atoms with van der Waals surface area (Å²) >= 11 is 0. The van der Waals surface area contributed by atoms with E-state index in [4.69, 9.17) is 4.74 Å². The fourth-order valence-corrected chi connectivity index (χ4v) is 2.16. The number of aromatic amines is 1. The first-order valence-electron chi connectivity index (χ1n) is 6.54. The van der Waals surface area contributed by atoms with Crippen LogP contribution in [0.2, 0.25) is 0 Å². The van der Waals surface area contributed by atoms with Crippen LogP contribution in [0.4, 0.5) is 0 Å². The van der Waals surface area contributed by atoms with Gasteiger partial charge in [0, 0.05) is 0 Å². The van der Waals surface area contributed by atoms with Crippen LogP contribution in [0.1, 0.15) is 18.3 Å². The van der Waals surface area contributed by atoms with E-state index >= 15 is 0 Å². The van der Waals surface area contributed by atoms with Gasteiger partial charge in [0.1, 0.15) is 11.6 Å². The highest BCUT2D eigenvalue weighted by atomic mass is 16.5. The maximum absolute atomic E-state index is 5.16. The van der Waals surface area contributed by atoms with Crippen LogP contribution in [-0.2, 0) is 0 Å². The lowest BCUT2D eigenvalue weighted by molar-refractivity contribution is 0.415. The predicted octanol–water partition coefficient (Wildman–Crippen LogP) is 4.13. The Kier molecular flexibility index (Phi) is 3.25. The second-order valence-electron chi connectivity index (χ2n) is 4.70. The molecule has 100 valence electrons. The molecule has 0 saturated heterocycles. The van der Waals surface area contributed by atoms with Gasteiger partial charge < -0.3 is 9.72 Å². The molecule has 0 radical (unpaired) electrons. The molecular formula is C17H16N2O. The molecule has 0 aliphatic rings. The van der Waals surface area contributed by atoms with Crippen molar-refractivity contribution in [3.63, 3.8) is 0 Å². The van der Waals surface area contributed by atoms with Crippen LogP contribution in [0, 0.1) is 0 Å². The predicted molar refractivity (Wildman–Crippen MR) is 82.6 cm³/mol. The van der Waals surface area contributed by atoms with Crippen molar-refractivity contribution >= 4 is 22.7 Å². The number of nitrogens with one attached hydrogen (secondary N) is 1. The Morgan fingerprint density at radius 2 is 1.85 bits per heavy atom. The van der Waals surface area contributed by atoms with E-state index in [1.165, 1.54) is 0 Å². The summed E-state index contributed by atoms with van der Waals surface area (Å²) in [5.74, 6) is 1.77. The molecule has 0 aliphatic heterocycles. The van der Waals surface area contributed by atoms with Crippen molar-refractivity contribution in [1.29, 1.82) is 0 Å². The number of methoxy groups -OCH3 is 1. The Morgan fingerprint density at radius 3 is 2.55 bits per heavy atom. The molecule has 0 aliphatic carbocycles. The monoisotopic (exact) mass is 264 g/mol. The molecule has 20 heavy (non-hydrogen) atoms. The summed E-state index contributed by atoms with van der Waals surface area (Å²) in [4.78, 5) is 7.93. The molecule has 1 heterocycles. The average molecular weight is 264 g/mol. The molecule has 0 atom stereocenters. The number of benzene rings is 2. The molecular weight excluding hydrogens is 248 g/mol. The first-order chi connectivity index (χ1) is 9.76. The average Bonchev–Trinajstić information content (AvgIpc) is 2.92. The van der Waals surface area contributed by atoms with Crippen LogP contribution in [0.3, 0.4) is 0 Å². The maximum Gasteiger partial charge on any atom is 0.134 e. The Morgan fingerprint density at radius 1 is 1.10 bits per heavy atom. The van der Waals surface area contributed by atoms with E-state index in [0.29, 0.717) is 0 Å². The van der Waals surface area contributed by atoms with Crippen LogP contribution in [0.25, 0.3) is 22.7 Å². The smallest absolute Gasteiger partial charge is 0.134 e. The minimum Gasteiger partial charge on any atom is -0.497 e. The van der Waals surface area contributed by atoms with Gasteiger partial charge in [0.05, 0.1) is 18.1 Å². The molecule has 0 spiro atoms. The number of imidazole rings is 1. The largest absolute Gasteiger partial charge is 0.497 e. The van der Waals surface area contributed by atoms with Crippen molar-refractivity contribution in [1.82, 2.24) is 9.97 Å². The standard InChI is InChI=1S/C17H16N2O/c1-12(11-13-7-9-14(20-2)10-8-13)17-18-15-5-3-4-6-16(15)19-17/h3-11H,1-2H3,(H,18,19)/b12-11+. The van der Waals surface area contributed by atoms with Crippen molar-refractivity contribution in [2.75, 3.05) is 7.11 Å². The second kappa shape index (κ2) is 5.21. The zero-order valence-corrected chi connectivity index (χ0v) is 11.6. The molecule has 3 aromatic rings. The van der Waals surface area contributed by atoms with Gasteiger partial charge in [-0.15, -0.1) is 0 Å². The number of fused-ring (bicyclic) bond motifs is 1. The van der Waals surface area contributed by atoms with Gasteiger partial charge in [0.2, 0.25) is 0 Å². The van der Waals surface area contributed by atoms with Crippen molar-refractivity contribution in [2.24, 2.45) is 0 Å². The molecule has 1 aromatic heterocycles. The summed E-state index contributed by atoms with van der Waals surface area (Å²) in [5.41, 5.74) is 4.28. The summed E-state index contributed by atoms with van der Waals surface area (Å²) in [7, 11) is 1.67. The van der Waals surface area contributed by atoms with E-state index in [9.17, 15) is 0 Å². The summed E-state index contributed by atoms with van der Waals surface area (Å²) < 4.78 is 5.16. The number of H-pyrrole nitrogens is 1. The molecule has 3 rings (SSSR count). The normalized spacial score (nSPS) is 11.8. The van der Waals surface area contributed by atoms with Crippen LogP contribution >= 0.6 is 0 Å². The number of para-hydroxylation sites is 2. The summed E-state index contributed by atoms with van der Waals surface area (Å²) in [5, 5.41) is 0. The van der Waals surface area contributed by atoms with Crippen LogP contribution < -0.4 is 4.74 Å². The highest BCUT2D eigenvalue weighted by Crippen LogP contribution is 2.20. The van der Waals surface area contributed by atoms with Gasteiger partial charge in [0.25, 0.3) is 0 Å². The summed E-state index contributed by atoms with van der Waals surface area (Å²) in [6.07, 6.45) is 2.11. The van der Waals surface area contributed by atoms with E-state index < -0.39 is 0 Å². The van der Waals surface area contributed by atoms with E-state index in [1.807, 2.05) is 48.5 Å². The Labute approximate surface area is 117 Å². The molecule has 0 amide bonds. The minimum absolute atomic E-state index is 0.864. The van der Waals surface area contributed by atoms with E-state index in [2.05, 4.69) is 23.0 Å². The van der Waals surface area contributed by atoms with E-state index in [0.717, 1.165) is 33.7 Å². The zero-order valence-electron chi connectivity index (χ0n) is 11.6. The first kappa shape index (κ1) is 12.5. The lowest BCUT2D eigenvalue weighted by Gasteiger charge is -2.00. The van der Waals surface area contributed by atoms with Gasteiger partial charge in [-0.05, 0) is 48.4 Å². The number of allylic oxidation sites excluding steroid dienone is 1. The molecule has 0 fully saturated rings. The van der Waals surface area contributed by atoms with Gasteiger partial charge in [-0.3, -0.25) is 0 Å². The minimum atomic E-state index is 0.864. The number of nitrogens with zero attached hydrogens (tertiary/aromatic N) is 1. The van der Waals surface area contributed by atoms with Crippen molar-refractivity contribution in [2.45, 2.75) is 6.92 Å². The molecule has 3 nitrogen and oxygen atoms in total. The van der Waals surface area contributed by atoms with Crippen LogP contribution in [-0.4, -0.2) is 17.1 Å². The third-order valence-corrected chi connectivity index (χ3v) is 3.26. The van der Waals surface area contributed by atoms with Crippen LogP contribution in [0.15, 0.2) is 48.5 Å². The first-order valence-corrected chi connectivity index (χ1v) is 6.54. The van der Waals surface area contributed by atoms with Crippen LogP contribution in [0.5, 0.6) is 5.75 Å². The van der Waals surface area contributed by atoms with Crippen molar-refractivity contribution in [3.05, 3.63) is 59.9 Å². The number of rotatable bonds is 3. The fraction of sp³-hybridized carbons (Fsp3) is 0.118. The lowest BCUT2D eigenvalue weighted by Crippen LogP contribution is -1.84. The molecule has 3 heteroatoms. The number of hydrogen-bond acceptors (Lipinski definition) is 2. The summed E-state index contributed by atoms with van der Waals surface area (Å²) in [6, 6.07) is 16.0. The molecule has 2 aromatic carbocycles. The number of hydrogen-bond donors (Lipinski definition) is 1. The fourth-order valence-electron chi connectivity index (χ4n) is 2.16. The second-order valence-corrected chi connectivity index (χ2v) is 4.70. The zero-order chi connectivity index (χ0) is 13.9. The highest BCUT2D eigenvalue weighted by Gasteiger charge is 2.03. The maximum atomic E-state index is 5.16. The van der Waals surface area contributed by atoms with Gasteiger partial charge in [-0.25, -0.2) is 4.98 Å². The molecule has 1 N–H and O–H groups in total. The molecule has 0 bridgehead atoms. The highest BCUT2D eigenvalue weighted by molar-refractivity contribution is 5.83. The number of aromatic nitrogens is 2. The Balaban J connectivity index is 1.93. The lowest BCUT2D eigenvalue weighted by atomic mass is 10.1. The van der Waals surface area contributed by atoms with E-state index in [-0.39, 0.29) is 0 Å². The Hall–Kier alpha value is -2.55. The number of ether oxygens (including phenoxy) is 1. The molecule has 0 saturated carbocycles. The van der Waals surface area contributed by atoms with Crippen molar-refractivity contribution < 1.29 is 4.74 Å². The third kappa shape index (κ3) is 2.43.